The zero-order valence-electron chi connectivity index (χ0n) is 11.5. The highest BCUT2D eigenvalue weighted by molar-refractivity contribution is 5.88. The molecule has 0 bridgehead atoms. The van der Waals surface area contributed by atoms with E-state index < -0.39 is 0 Å². The number of aryl methyl sites for hydroxylation is 1. The molecule has 2 aromatic rings. The van der Waals surface area contributed by atoms with Gasteiger partial charge in [0.25, 0.3) is 0 Å². The minimum atomic E-state index is 1.14. The van der Waals surface area contributed by atoms with E-state index in [1.165, 1.54) is 40.1 Å². The minimum absolute atomic E-state index is 1.14. The number of allylic oxidation sites excluding steroid dienone is 1. The molecule has 1 aliphatic rings. The quantitative estimate of drug-likeness (QED) is 0.781. The van der Waals surface area contributed by atoms with Crippen molar-refractivity contribution in [3.05, 3.63) is 59.3 Å². The molecule has 96 valence electrons. The summed E-state index contributed by atoms with van der Waals surface area (Å²) in [5.74, 6) is 0. The zero-order valence-corrected chi connectivity index (χ0v) is 11.5. The first-order valence-corrected chi connectivity index (χ1v) is 6.95. The van der Waals surface area contributed by atoms with E-state index in [4.69, 9.17) is 0 Å². The molecule has 0 fully saturated rings. The van der Waals surface area contributed by atoms with Crippen molar-refractivity contribution >= 4 is 11.8 Å². The van der Waals surface area contributed by atoms with E-state index in [1.807, 2.05) is 0 Å². The molecule has 1 N–H and O–H groups in total. The van der Waals surface area contributed by atoms with Crippen molar-refractivity contribution in [3.8, 4) is 11.1 Å². The summed E-state index contributed by atoms with van der Waals surface area (Å²) in [5, 5.41) is 3.48. The third-order valence-corrected chi connectivity index (χ3v) is 3.58. The molecule has 1 nitrogen and oxygen atoms in total. The Bertz CT molecular complexity index is 638. The van der Waals surface area contributed by atoms with Crippen LogP contribution in [0.1, 0.15) is 31.4 Å². The predicted molar refractivity (Wildman–Crippen MR) is 83.1 cm³/mol. The minimum Gasteiger partial charge on any atom is -0.359 e. The molecule has 0 saturated heterocycles. The van der Waals surface area contributed by atoms with Crippen molar-refractivity contribution in [1.29, 1.82) is 0 Å². The summed E-state index contributed by atoms with van der Waals surface area (Å²) in [5.41, 5.74) is 7.74. The predicted octanol–water partition coefficient (Wildman–Crippen LogP) is 5.09. The maximum absolute atomic E-state index is 3.48. The smallest absolute Gasteiger partial charge is 0.0461 e. The highest BCUT2D eigenvalue weighted by Gasteiger charge is 2.12. The van der Waals surface area contributed by atoms with Crippen molar-refractivity contribution in [2.24, 2.45) is 0 Å². The molecule has 1 heteroatoms. The van der Waals surface area contributed by atoms with E-state index in [0.29, 0.717) is 0 Å². The lowest BCUT2D eigenvalue weighted by atomic mass is 9.95. The number of rotatable bonds is 2. The molecule has 19 heavy (non-hydrogen) atoms. The fraction of sp³-hybridized carbons (Fsp3) is 0.222. The van der Waals surface area contributed by atoms with Gasteiger partial charge in [0.2, 0.25) is 0 Å². The average Bonchev–Trinajstić information content (AvgIpc) is 2.55. The number of hydrogen-bond acceptors (Lipinski definition) is 1. The molecule has 0 aliphatic carbocycles. The summed E-state index contributed by atoms with van der Waals surface area (Å²) in [4.78, 5) is 0. The topological polar surface area (TPSA) is 12.0 Å². The molecule has 0 unspecified atom stereocenters. The highest BCUT2D eigenvalue weighted by atomic mass is 14.9. The lowest BCUT2D eigenvalue weighted by Crippen LogP contribution is -1.94. The number of nitrogens with one attached hydrogen (secondary N) is 1. The van der Waals surface area contributed by atoms with Crippen LogP contribution in [0.25, 0.3) is 17.2 Å². The van der Waals surface area contributed by atoms with E-state index >= 15 is 0 Å². The Morgan fingerprint density at radius 1 is 1.00 bits per heavy atom. The van der Waals surface area contributed by atoms with Gasteiger partial charge in [0.05, 0.1) is 0 Å². The van der Waals surface area contributed by atoms with Gasteiger partial charge >= 0.3 is 0 Å². The zero-order chi connectivity index (χ0) is 13.2. The normalized spacial score (nSPS) is 12.8. The molecule has 0 saturated carbocycles. The molecule has 2 aromatic carbocycles. The first kappa shape index (κ1) is 12.0. The van der Waals surface area contributed by atoms with Gasteiger partial charge in [-0.1, -0.05) is 49.7 Å². The molecule has 0 radical (unpaired) electrons. The van der Waals surface area contributed by atoms with Crippen molar-refractivity contribution in [3.63, 3.8) is 0 Å². The third-order valence-electron chi connectivity index (χ3n) is 3.58. The van der Waals surface area contributed by atoms with Crippen LogP contribution in [0.3, 0.4) is 0 Å². The molecule has 0 aromatic heterocycles. The number of hydrogen-bond donors (Lipinski definition) is 1. The van der Waals surface area contributed by atoms with Crippen LogP contribution in [-0.2, 0) is 6.42 Å². The lowest BCUT2D eigenvalue weighted by Gasteiger charge is -2.11. The number of fused-ring (bicyclic) bond motifs is 3. The van der Waals surface area contributed by atoms with Gasteiger partial charge in [-0.05, 0) is 42.2 Å². The Balaban J connectivity index is 2.21. The fourth-order valence-electron chi connectivity index (χ4n) is 2.72. The van der Waals surface area contributed by atoms with E-state index in [0.717, 1.165) is 6.42 Å². The molecular formula is C18H19N. The summed E-state index contributed by atoms with van der Waals surface area (Å²) in [6.45, 7) is 4.34. The average molecular weight is 249 g/mol. The second kappa shape index (κ2) is 4.93. The van der Waals surface area contributed by atoms with Crippen LogP contribution >= 0.6 is 0 Å². The first-order valence-electron chi connectivity index (χ1n) is 6.95. The van der Waals surface area contributed by atoms with Gasteiger partial charge < -0.3 is 5.32 Å². The van der Waals surface area contributed by atoms with Crippen LogP contribution in [0, 0.1) is 0 Å². The Morgan fingerprint density at radius 3 is 2.68 bits per heavy atom. The van der Waals surface area contributed by atoms with Gasteiger partial charge in [-0.3, -0.25) is 0 Å². The molecule has 0 amide bonds. The molecule has 3 rings (SSSR count). The third kappa shape index (κ3) is 2.28. The van der Waals surface area contributed by atoms with E-state index in [1.54, 1.807) is 0 Å². The van der Waals surface area contributed by atoms with E-state index in [9.17, 15) is 0 Å². The Labute approximate surface area is 115 Å². The molecular weight excluding hydrogens is 230 g/mol. The second-order valence-electron chi connectivity index (χ2n) is 5.17. The molecule has 0 atom stereocenters. The monoisotopic (exact) mass is 249 g/mol. The van der Waals surface area contributed by atoms with E-state index in [-0.39, 0.29) is 0 Å². The van der Waals surface area contributed by atoms with Crippen LogP contribution < -0.4 is 5.32 Å². The van der Waals surface area contributed by atoms with Gasteiger partial charge in [-0.2, -0.15) is 0 Å². The van der Waals surface area contributed by atoms with Crippen molar-refractivity contribution < 1.29 is 0 Å². The summed E-state index contributed by atoms with van der Waals surface area (Å²) in [7, 11) is 0. The van der Waals surface area contributed by atoms with Gasteiger partial charge in [-0.15, -0.1) is 0 Å². The number of para-hydroxylation sites is 1. The molecule has 1 heterocycles. The van der Waals surface area contributed by atoms with Gasteiger partial charge in [0.15, 0.2) is 0 Å². The standard InChI is InChI=1S/C18H19N/c1-3-6-14-9-10-15-11-13(2)19-18-8-5-4-7-16(18)17(15)12-14/h4-5,7-12,19H,3,6H2,1-2H3. The van der Waals surface area contributed by atoms with E-state index in [2.05, 4.69) is 67.7 Å². The fourth-order valence-corrected chi connectivity index (χ4v) is 2.72. The second-order valence-corrected chi connectivity index (χ2v) is 5.17. The Hall–Kier alpha value is -2.02. The van der Waals surface area contributed by atoms with Crippen LogP contribution in [-0.4, -0.2) is 0 Å². The largest absolute Gasteiger partial charge is 0.359 e. The highest BCUT2D eigenvalue weighted by Crippen LogP contribution is 2.35. The maximum Gasteiger partial charge on any atom is 0.0461 e. The summed E-state index contributed by atoms with van der Waals surface area (Å²) >= 11 is 0. The van der Waals surface area contributed by atoms with Crippen LogP contribution in [0.2, 0.25) is 0 Å². The summed E-state index contributed by atoms with van der Waals surface area (Å²) < 4.78 is 0. The first-order chi connectivity index (χ1) is 9.28. The molecule has 0 spiro atoms. The van der Waals surface area contributed by atoms with Gasteiger partial charge in [0.1, 0.15) is 0 Å². The van der Waals surface area contributed by atoms with Gasteiger partial charge in [0, 0.05) is 16.9 Å². The number of benzene rings is 2. The Morgan fingerprint density at radius 2 is 1.84 bits per heavy atom. The maximum atomic E-state index is 3.48. The summed E-state index contributed by atoms with van der Waals surface area (Å²) in [6, 6.07) is 15.4. The number of anilines is 1. The SMILES string of the molecule is CCCc1ccc2c(c1)-c1ccccc1NC(C)=C2. The van der Waals surface area contributed by atoms with Crippen LogP contribution in [0.4, 0.5) is 5.69 Å². The van der Waals surface area contributed by atoms with Crippen LogP contribution in [0.5, 0.6) is 0 Å². The summed E-state index contributed by atoms with van der Waals surface area (Å²) in [6.07, 6.45) is 4.56. The lowest BCUT2D eigenvalue weighted by molar-refractivity contribution is 0.922. The van der Waals surface area contributed by atoms with Crippen molar-refractivity contribution in [2.75, 3.05) is 5.32 Å². The molecule has 1 aliphatic heterocycles. The van der Waals surface area contributed by atoms with Crippen molar-refractivity contribution in [2.45, 2.75) is 26.7 Å². The Kier molecular flexibility index (Phi) is 3.12. The van der Waals surface area contributed by atoms with Gasteiger partial charge in [-0.25, -0.2) is 0 Å². The van der Waals surface area contributed by atoms with Crippen LogP contribution in [0.15, 0.2) is 48.2 Å². The van der Waals surface area contributed by atoms with Crippen molar-refractivity contribution in [1.82, 2.24) is 0 Å².